The van der Waals surface area contributed by atoms with Gasteiger partial charge in [-0.15, -0.1) is 0 Å². The molecule has 2 unspecified atom stereocenters. The molecule has 1 aromatic rings. The second-order valence-corrected chi connectivity index (χ2v) is 5.44. The number of rotatable bonds is 4. The Morgan fingerprint density at radius 2 is 1.95 bits per heavy atom. The van der Waals surface area contributed by atoms with E-state index in [9.17, 15) is 8.78 Å². The molecule has 2 atom stereocenters. The molecule has 106 valence electrons. The van der Waals surface area contributed by atoms with Crippen LogP contribution in [-0.2, 0) is 6.54 Å². The molecule has 4 heteroatoms. The summed E-state index contributed by atoms with van der Waals surface area (Å²) in [4.78, 5) is 2.25. The molecule has 0 saturated carbocycles. The van der Waals surface area contributed by atoms with Crippen LogP contribution in [0, 0.1) is 17.6 Å². The summed E-state index contributed by atoms with van der Waals surface area (Å²) >= 11 is 0. The van der Waals surface area contributed by atoms with Crippen LogP contribution < -0.4 is 5.73 Å². The van der Waals surface area contributed by atoms with E-state index >= 15 is 0 Å². The third-order valence-corrected chi connectivity index (χ3v) is 4.10. The molecule has 0 amide bonds. The Hall–Kier alpha value is -1.00. The number of nitrogens with two attached hydrogens (primary N) is 1. The van der Waals surface area contributed by atoms with Gasteiger partial charge in [-0.05, 0) is 43.0 Å². The highest BCUT2D eigenvalue weighted by Crippen LogP contribution is 2.26. The van der Waals surface area contributed by atoms with Gasteiger partial charge >= 0.3 is 0 Å². The summed E-state index contributed by atoms with van der Waals surface area (Å²) in [6.07, 6.45) is 3.41. The van der Waals surface area contributed by atoms with E-state index in [1.165, 1.54) is 18.6 Å². The molecule has 2 nitrogen and oxygen atoms in total. The largest absolute Gasteiger partial charge is 0.329 e. The van der Waals surface area contributed by atoms with Crippen molar-refractivity contribution in [1.82, 2.24) is 4.90 Å². The predicted octanol–water partition coefficient (Wildman–Crippen LogP) is 2.91. The fourth-order valence-electron chi connectivity index (χ4n) is 2.94. The number of halogens is 2. The summed E-state index contributed by atoms with van der Waals surface area (Å²) < 4.78 is 26.4. The Labute approximate surface area is 113 Å². The molecular weight excluding hydrogens is 246 g/mol. The zero-order valence-electron chi connectivity index (χ0n) is 11.4. The lowest BCUT2D eigenvalue weighted by Crippen LogP contribution is -2.46. The van der Waals surface area contributed by atoms with E-state index < -0.39 is 11.6 Å². The minimum Gasteiger partial charge on any atom is -0.329 e. The Bertz CT molecular complexity index is 402. The van der Waals surface area contributed by atoms with Crippen molar-refractivity contribution >= 4 is 0 Å². The highest BCUT2D eigenvalue weighted by Gasteiger charge is 2.26. The fraction of sp³-hybridized carbons (Fsp3) is 0.600. The Kier molecular flexibility index (Phi) is 4.88. The van der Waals surface area contributed by atoms with E-state index in [-0.39, 0.29) is 0 Å². The van der Waals surface area contributed by atoms with Gasteiger partial charge in [-0.2, -0.15) is 0 Å². The monoisotopic (exact) mass is 268 g/mol. The van der Waals surface area contributed by atoms with Crippen molar-refractivity contribution in [2.24, 2.45) is 11.7 Å². The van der Waals surface area contributed by atoms with Gasteiger partial charge in [-0.3, -0.25) is 4.90 Å². The first kappa shape index (κ1) is 14.4. The summed E-state index contributed by atoms with van der Waals surface area (Å²) in [5.41, 5.74) is 6.52. The van der Waals surface area contributed by atoms with Crippen LogP contribution in [0.1, 0.15) is 31.7 Å². The molecule has 0 bridgehead atoms. The average Bonchev–Trinajstić information content (AvgIpc) is 2.38. The lowest BCUT2D eigenvalue weighted by atomic mass is 9.88. The van der Waals surface area contributed by atoms with Gasteiger partial charge in [-0.1, -0.05) is 13.3 Å². The molecule has 1 saturated heterocycles. The molecule has 1 heterocycles. The summed E-state index contributed by atoms with van der Waals surface area (Å²) in [7, 11) is 0. The maximum absolute atomic E-state index is 13.2. The molecule has 2 rings (SSSR count). The Morgan fingerprint density at radius 3 is 2.53 bits per heavy atom. The fourth-order valence-corrected chi connectivity index (χ4v) is 2.94. The number of hydrogen-bond donors (Lipinski definition) is 1. The van der Waals surface area contributed by atoms with Gasteiger partial charge in [0, 0.05) is 25.2 Å². The third-order valence-electron chi connectivity index (χ3n) is 4.10. The van der Waals surface area contributed by atoms with Crippen LogP contribution in [0.4, 0.5) is 8.78 Å². The average molecular weight is 268 g/mol. The highest BCUT2D eigenvalue weighted by atomic mass is 19.1. The van der Waals surface area contributed by atoms with Crippen LogP contribution in [0.25, 0.3) is 0 Å². The van der Waals surface area contributed by atoms with Gasteiger partial charge < -0.3 is 5.73 Å². The van der Waals surface area contributed by atoms with Crippen molar-refractivity contribution in [2.75, 3.05) is 13.1 Å². The smallest absolute Gasteiger partial charge is 0.126 e. The molecule has 19 heavy (non-hydrogen) atoms. The van der Waals surface area contributed by atoms with Crippen LogP contribution >= 0.6 is 0 Å². The molecule has 1 aliphatic rings. The van der Waals surface area contributed by atoms with Crippen LogP contribution in [0.3, 0.4) is 0 Å². The lowest BCUT2D eigenvalue weighted by molar-refractivity contribution is 0.107. The van der Waals surface area contributed by atoms with E-state index in [0.29, 0.717) is 24.7 Å². The molecule has 1 aliphatic heterocycles. The molecule has 1 aromatic carbocycles. The number of hydrogen-bond acceptors (Lipinski definition) is 2. The summed E-state index contributed by atoms with van der Waals surface area (Å²) in [6.45, 7) is 4.34. The second kappa shape index (κ2) is 6.44. The predicted molar refractivity (Wildman–Crippen MR) is 72.6 cm³/mol. The maximum Gasteiger partial charge on any atom is 0.126 e. The van der Waals surface area contributed by atoms with Gasteiger partial charge in [0.1, 0.15) is 11.6 Å². The normalized spacial score (nSPS) is 24.6. The minimum atomic E-state index is -0.511. The SMILES string of the molecule is CCC1CCN(Cc2cc(F)cc(F)c2)C(CN)C1. The lowest BCUT2D eigenvalue weighted by Gasteiger charge is -2.38. The first-order valence-corrected chi connectivity index (χ1v) is 7.01. The standard InChI is InChI=1S/C15H22F2N2/c1-2-11-3-4-19(15(7-11)9-18)10-12-5-13(16)8-14(17)6-12/h5-6,8,11,15H,2-4,7,9-10,18H2,1H3. The Morgan fingerprint density at radius 1 is 1.26 bits per heavy atom. The van der Waals surface area contributed by atoms with Crippen molar-refractivity contribution in [3.8, 4) is 0 Å². The molecule has 0 aliphatic carbocycles. The van der Waals surface area contributed by atoms with Crippen LogP contribution in [0.5, 0.6) is 0 Å². The minimum absolute atomic E-state index is 0.324. The molecular formula is C15H22F2N2. The van der Waals surface area contributed by atoms with Gasteiger partial charge in [0.25, 0.3) is 0 Å². The van der Waals surface area contributed by atoms with Crippen molar-refractivity contribution in [2.45, 2.75) is 38.8 Å². The van der Waals surface area contributed by atoms with Gasteiger partial charge in [0.05, 0.1) is 0 Å². The maximum atomic E-state index is 13.2. The van der Waals surface area contributed by atoms with Crippen LogP contribution in [-0.4, -0.2) is 24.0 Å². The van der Waals surface area contributed by atoms with Gasteiger partial charge in [0.15, 0.2) is 0 Å². The summed E-state index contributed by atoms with van der Waals surface area (Å²) in [6, 6.07) is 4.04. The van der Waals surface area contributed by atoms with Crippen molar-refractivity contribution in [3.05, 3.63) is 35.4 Å². The Balaban J connectivity index is 2.05. The molecule has 0 spiro atoms. The van der Waals surface area contributed by atoms with Crippen molar-refractivity contribution in [3.63, 3.8) is 0 Å². The zero-order chi connectivity index (χ0) is 13.8. The summed E-state index contributed by atoms with van der Waals surface area (Å²) in [5, 5.41) is 0. The first-order valence-electron chi connectivity index (χ1n) is 7.01. The number of piperidine rings is 1. The van der Waals surface area contributed by atoms with Crippen molar-refractivity contribution in [1.29, 1.82) is 0 Å². The zero-order valence-corrected chi connectivity index (χ0v) is 11.4. The van der Waals surface area contributed by atoms with E-state index in [0.717, 1.165) is 31.4 Å². The van der Waals surface area contributed by atoms with Crippen molar-refractivity contribution < 1.29 is 8.78 Å². The quantitative estimate of drug-likeness (QED) is 0.909. The van der Waals surface area contributed by atoms with E-state index in [1.54, 1.807) is 0 Å². The molecule has 2 N–H and O–H groups in total. The topological polar surface area (TPSA) is 29.3 Å². The van der Waals surface area contributed by atoms with Gasteiger partial charge in [-0.25, -0.2) is 8.78 Å². The summed E-state index contributed by atoms with van der Waals surface area (Å²) in [5.74, 6) is -0.292. The van der Waals surface area contributed by atoms with E-state index in [2.05, 4.69) is 11.8 Å². The molecule has 1 fully saturated rings. The molecule has 0 aromatic heterocycles. The van der Waals surface area contributed by atoms with Crippen LogP contribution in [0.2, 0.25) is 0 Å². The number of benzene rings is 1. The van der Waals surface area contributed by atoms with E-state index in [4.69, 9.17) is 5.73 Å². The van der Waals surface area contributed by atoms with Gasteiger partial charge in [0.2, 0.25) is 0 Å². The van der Waals surface area contributed by atoms with E-state index in [1.807, 2.05) is 0 Å². The second-order valence-electron chi connectivity index (χ2n) is 5.44. The first-order chi connectivity index (χ1) is 9.12. The third kappa shape index (κ3) is 3.74. The highest BCUT2D eigenvalue weighted by molar-refractivity contribution is 5.18. The van der Waals surface area contributed by atoms with Crippen LogP contribution in [0.15, 0.2) is 18.2 Å². The molecule has 0 radical (unpaired) electrons. The number of nitrogens with zero attached hydrogens (tertiary/aromatic N) is 1. The number of likely N-dealkylation sites (tertiary alicyclic amines) is 1.